The van der Waals surface area contributed by atoms with Gasteiger partial charge in [-0.05, 0) is 35.4 Å². The quantitative estimate of drug-likeness (QED) is 0.879. The van der Waals surface area contributed by atoms with Gasteiger partial charge >= 0.3 is 0 Å². The zero-order chi connectivity index (χ0) is 14.5. The lowest BCUT2D eigenvalue weighted by molar-refractivity contribution is 0.0172. The van der Waals surface area contributed by atoms with Crippen molar-refractivity contribution in [1.29, 1.82) is 0 Å². The zero-order valence-corrected chi connectivity index (χ0v) is 11.5. The van der Waals surface area contributed by atoms with Crippen LogP contribution in [0.2, 0.25) is 0 Å². The Labute approximate surface area is 118 Å². The van der Waals surface area contributed by atoms with E-state index >= 15 is 0 Å². The predicted octanol–water partition coefficient (Wildman–Crippen LogP) is 2.47. The number of aliphatic hydroxyl groups is 2. The maximum atomic E-state index is 10.2. The number of hydrogen-bond donors (Lipinski definition) is 2. The summed E-state index contributed by atoms with van der Waals surface area (Å²) in [6.07, 6.45) is -1.98. The van der Waals surface area contributed by atoms with Crippen LogP contribution in [0.15, 0.2) is 48.5 Å². The molecule has 1 unspecified atom stereocenters. The molecule has 2 atom stereocenters. The maximum Gasteiger partial charge on any atom is 0.118 e. The fourth-order valence-corrected chi connectivity index (χ4v) is 1.97. The van der Waals surface area contributed by atoms with Crippen LogP contribution in [0.25, 0.3) is 0 Å². The topological polar surface area (TPSA) is 58.9 Å². The normalized spacial score (nSPS) is 13.6. The summed E-state index contributed by atoms with van der Waals surface area (Å²) in [4.78, 5) is 0. The monoisotopic (exact) mass is 274 g/mol. The minimum Gasteiger partial charge on any atom is -0.497 e. The van der Waals surface area contributed by atoms with Crippen molar-refractivity contribution in [2.24, 2.45) is 0 Å². The van der Waals surface area contributed by atoms with Crippen LogP contribution < -0.4 is 9.47 Å². The van der Waals surface area contributed by atoms with Crippen molar-refractivity contribution in [3.63, 3.8) is 0 Å². The number of benzene rings is 2. The van der Waals surface area contributed by atoms with E-state index in [1.54, 1.807) is 62.8 Å². The Bertz CT molecular complexity index is 482. The lowest BCUT2D eigenvalue weighted by Crippen LogP contribution is -2.10. The summed E-state index contributed by atoms with van der Waals surface area (Å²) in [6, 6.07) is 13.9. The van der Waals surface area contributed by atoms with E-state index in [0.717, 1.165) is 0 Å². The summed E-state index contributed by atoms with van der Waals surface area (Å²) in [5, 5.41) is 20.4. The van der Waals surface area contributed by atoms with Crippen LogP contribution in [0, 0.1) is 0 Å². The fourth-order valence-electron chi connectivity index (χ4n) is 1.97. The lowest BCUT2D eigenvalue weighted by Gasteiger charge is -2.19. The zero-order valence-electron chi connectivity index (χ0n) is 11.5. The molecule has 0 aromatic heterocycles. The van der Waals surface area contributed by atoms with E-state index < -0.39 is 12.2 Å². The maximum absolute atomic E-state index is 10.2. The highest BCUT2D eigenvalue weighted by Gasteiger charge is 2.20. The number of methoxy groups -OCH3 is 2. The third-order valence-corrected chi connectivity index (χ3v) is 3.21. The minimum atomic E-state index is -0.991. The van der Waals surface area contributed by atoms with Gasteiger partial charge < -0.3 is 19.7 Å². The Balaban J connectivity index is 2.15. The molecule has 2 aromatic carbocycles. The first-order valence-electron chi connectivity index (χ1n) is 6.29. The molecular weight excluding hydrogens is 256 g/mol. The molecule has 20 heavy (non-hydrogen) atoms. The largest absolute Gasteiger partial charge is 0.497 e. The van der Waals surface area contributed by atoms with Gasteiger partial charge in [0.2, 0.25) is 0 Å². The summed E-state index contributed by atoms with van der Waals surface area (Å²) in [5.74, 6) is 1.42. The van der Waals surface area contributed by atoms with Crippen LogP contribution in [-0.4, -0.2) is 24.4 Å². The lowest BCUT2D eigenvalue weighted by atomic mass is 9.98. The van der Waals surface area contributed by atoms with E-state index in [0.29, 0.717) is 22.6 Å². The van der Waals surface area contributed by atoms with Crippen molar-refractivity contribution >= 4 is 0 Å². The average molecular weight is 274 g/mol. The average Bonchev–Trinajstić information content (AvgIpc) is 2.53. The molecular formula is C16H18O4. The molecule has 0 bridgehead atoms. The summed E-state index contributed by atoms with van der Waals surface area (Å²) in [7, 11) is 3.16. The van der Waals surface area contributed by atoms with Crippen LogP contribution in [0.5, 0.6) is 11.5 Å². The molecule has 0 aliphatic heterocycles. The van der Waals surface area contributed by atoms with Crippen LogP contribution in [0.3, 0.4) is 0 Å². The van der Waals surface area contributed by atoms with Gasteiger partial charge in [0, 0.05) is 0 Å². The summed E-state index contributed by atoms with van der Waals surface area (Å²) >= 11 is 0. The molecule has 0 heterocycles. The number of ether oxygens (including phenoxy) is 2. The highest BCUT2D eigenvalue weighted by atomic mass is 16.5. The molecule has 0 aliphatic rings. The summed E-state index contributed by atoms with van der Waals surface area (Å²) < 4.78 is 10.1. The first kappa shape index (κ1) is 14.4. The van der Waals surface area contributed by atoms with Crippen LogP contribution in [-0.2, 0) is 0 Å². The van der Waals surface area contributed by atoms with Gasteiger partial charge in [-0.1, -0.05) is 24.3 Å². The molecule has 106 valence electrons. The van der Waals surface area contributed by atoms with E-state index in [1.165, 1.54) is 0 Å². The first-order chi connectivity index (χ1) is 9.65. The van der Waals surface area contributed by atoms with E-state index in [9.17, 15) is 10.2 Å². The Hall–Kier alpha value is -2.04. The van der Waals surface area contributed by atoms with Crippen molar-refractivity contribution in [1.82, 2.24) is 0 Å². The van der Waals surface area contributed by atoms with Crippen molar-refractivity contribution in [3.05, 3.63) is 59.7 Å². The third-order valence-electron chi connectivity index (χ3n) is 3.21. The predicted molar refractivity (Wildman–Crippen MR) is 75.9 cm³/mol. The molecule has 0 saturated carbocycles. The van der Waals surface area contributed by atoms with E-state index in [4.69, 9.17) is 9.47 Å². The summed E-state index contributed by atoms with van der Waals surface area (Å²) in [6.45, 7) is 0. The van der Waals surface area contributed by atoms with Crippen molar-refractivity contribution in [3.8, 4) is 11.5 Å². The van der Waals surface area contributed by atoms with Crippen molar-refractivity contribution < 1.29 is 19.7 Å². The molecule has 2 aromatic rings. The molecule has 2 N–H and O–H groups in total. The number of hydrogen-bond acceptors (Lipinski definition) is 4. The van der Waals surface area contributed by atoms with Gasteiger partial charge in [-0.15, -0.1) is 0 Å². The molecule has 2 rings (SSSR count). The van der Waals surface area contributed by atoms with Gasteiger partial charge in [0.1, 0.15) is 23.7 Å². The Morgan fingerprint density at radius 1 is 0.650 bits per heavy atom. The van der Waals surface area contributed by atoms with Gasteiger partial charge in [0.15, 0.2) is 0 Å². The minimum absolute atomic E-state index is 0.633. The second kappa shape index (κ2) is 6.41. The van der Waals surface area contributed by atoms with Gasteiger partial charge in [0.25, 0.3) is 0 Å². The van der Waals surface area contributed by atoms with Gasteiger partial charge in [-0.3, -0.25) is 0 Å². The Morgan fingerprint density at radius 3 is 1.20 bits per heavy atom. The molecule has 0 saturated heterocycles. The SMILES string of the molecule is COc1ccc(C(O)[C@H](O)c2ccc(OC)cc2)cc1. The van der Waals surface area contributed by atoms with Crippen LogP contribution in [0.4, 0.5) is 0 Å². The number of aliphatic hydroxyl groups excluding tert-OH is 2. The van der Waals surface area contributed by atoms with Crippen LogP contribution >= 0.6 is 0 Å². The van der Waals surface area contributed by atoms with Gasteiger partial charge in [-0.25, -0.2) is 0 Å². The Morgan fingerprint density at radius 2 is 0.950 bits per heavy atom. The number of rotatable bonds is 5. The smallest absolute Gasteiger partial charge is 0.118 e. The molecule has 4 nitrogen and oxygen atoms in total. The standard InChI is InChI=1S/C16H18O4/c1-19-13-7-3-11(4-8-13)15(17)16(18)12-5-9-14(20-2)10-6-12/h3-10,15-18H,1-2H3/t15-,16?/m1/s1. The molecule has 0 radical (unpaired) electrons. The molecule has 4 heteroatoms. The molecule has 0 fully saturated rings. The van der Waals surface area contributed by atoms with Crippen molar-refractivity contribution in [2.45, 2.75) is 12.2 Å². The van der Waals surface area contributed by atoms with E-state index in [1.807, 2.05) is 0 Å². The summed E-state index contributed by atoms with van der Waals surface area (Å²) in [5.41, 5.74) is 1.27. The molecule has 0 amide bonds. The second-order valence-electron chi connectivity index (χ2n) is 4.44. The van der Waals surface area contributed by atoms with Gasteiger partial charge in [0.05, 0.1) is 14.2 Å². The highest BCUT2D eigenvalue weighted by molar-refractivity contribution is 5.32. The van der Waals surface area contributed by atoms with Crippen LogP contribution in [0.1, 0.15) is 23.3 Å². The first-order valence-corrected chi connectivity index (χ1v) is 6.29. The second-order valence-corrected chi connectivity index (χ2v) is 4.44. The molecule has 0 spiro atoms. The fraction of sp³-hybridized carbons (Fsp3) is 0.250. The highest BCUT2D eigenvalue weighted by Crippen LogP contribution is 2.30. The van der Waals surface area contributed by atoms with Gasteiger partial charge in [-0.2, -0.15) is 0 Å². The van der Waals surface area contributed by atoms with E-state index in [-0.39, 0.29) is 0 Å². The third kappa shape index (κ3) is 3.10. The Kier molecular flexibility index (Phi) is 4.61. The van der Waals surface area contributed by atoms with E-state index in [2.05, 4.69) is 0 Å². The molecule has 0 aliphatic carbocycles. The van der Waals surface area contributed by atoms with Crippen molar-refractivity contribution in [2.75, 3.05) is 14.2 Å².